The molecule has 3 nitrogen and oxygen atoms in total. The highest BCUT2D eigenvalue weighted by atomic mass is 19.4. The summed E-state index contributed by atoms with van der Waals surface area (Å²) in [7, 11) is 0. The van der Waals surface area contributed by atoms with Gasteiger partial charge in [-0.15, -0.1) is 0 Å². The van der Waals surface area contributed by atoms with E-state index in [9.17, 15) is 35.5 Å². The summed E-state index contributed by atoms with van der Waals surface area (Å²) in [6.07, 6.45) is -9.00. The SMILES string of the molecule is CC1=C(N2CC3CC[C@H](O[C@H](C)c4cc(C(F)(F)F)cc(C(F)(F)F)c4)[C@@H](c4ccc(F)cc4)C3C2)CCC1=O. The van der Waals surface area contributed by atoms with Crippen molar-refractivity contribution < 1.29 is 40.3 Å². The molecule has 5 atom stereocenters. The van der Waals surface area contributed by atoms with Crippen LogP contribution in [0.4, 0.5) is 30.7 Å². The van der Waals surface area contributed by atoms with Gasteiger partial charge in [0.25, 0.3) is 0 Å². The second-order valence-corrected chi connectivity index (χ2v) is 11.1. The van der Waals surface area contributed by atoms with Gasteiger partial charge < -0.3 is 9.64 Å². The third kappa shape index (κ3) is 5.64. The molecule has 0 radical (unpaired) electrons. The van der Waals surface area contributed by atoms with Gasteiger partial charge in [0.05, 0.1) is 23.3 Å². The predicted molar refractivity (Wildman–Crippen MR) is 134 cm³/mol. The van der Waals surface area contributed by atoms with Crippen LogP contribution in [0.1, 0.15) is 73.8 Å². The third-order valence-corrected chi connectivity index (χ3v) is 8.71. The first-order valence-electron chi connectivity index (χ1n) is 13.4. The van der Waals surface area contributed by atoms with E-state index in [0.29, 0.717) is 37.9 Å². The number of Topliss-reactive ketones (excluding diaryl/α,β-unsaturated/α-hetero) is 1. The Hall–Kier alpha value is -2.88. The molecule has 3 aliphatic rings. The van der Waals surface area contributed by atoms with Gasteiger partial charge in [0.1, 0.15) is 5.82 Å². The number of halogens is 7. The number of ether oxygens (including phenoxy) is 1. The summed E-state index contributed by atoms with van der Waals surface area (Å²) >= 11 is 0. The van der Waals surface area contributed by atoms with E-state index in [1.807, 2.05) is 6.92 Å². The van der Waals surface area contributed by atoms with Crippen LogP contribution in [-0.4, -0.2) is 29.9 Å². The Morgan fingerprint density at radius 2 is 1.52 bits per heavy atom. The molecule has 2 fully saturated rings. The number of allylic oxidation sites excluding steroid dienone is 2. The lowest BCUT2D eigenvalue weighted by Crippen LogP contribution is -2.38. The Bertz CT molecular complexity index is 1270. The molecule has 1 aliphatic heterocycles. The van der Waals surface area contributed by atoms with Gasteiger partial charge in [-0.05, 0) is 86.4 Å². The van der Waals surface area contributed by atoms with E-state index in [1.54, 1.807) is 12.1 Å². The first kappa shape index (κ1) is 28.6. The van der Waals surface area contributed by atoms with Crippen LogP contribution in [0.25, 0.3) is 0 Å². The van der Waals surface area contributed by atoms with Crippen LogP contribution in [0, 0.1) is 17.7 Å². The van der Waals surface area contributed by atoms with Crippen LogP contribution >= 0.6 is 0 Å². The van der Waals surface area contributed by atoms with Crippen molar-refractivity contribution >= 4 is 5.78 Å². The molecule has 0 amide bonds. The van der Waals surface area contributed by atoms with Crippen molar-refractivity contribution in [3.63, 3.8) is 0 Å². The number of fused-ring (bicyclic) bond motifs is 1. The zero-order valence-electron chi connectivity index (χ0n) is 22.1. The van der Waals surface area contributed by atoms with Gasteiger partial charge >= 0.3 is 12.4 Å². The molecule has 0 N–H and O–H groups in total. The van der Waals surface area contributed by atoms with E-state index < -0.39 is 41.5 Å². The highest BCUT2D eigenvalue weighted by molar-refractivity contribution is 5.97. The van der Waals surface area contributed by atoms with Crippen molar-refractivity contribution in [1.82, 2.24) is 4.90 Å². The lowest BCUT2D eigenvalue weighted by Gasteiger charge is -2.41. The minimum atomic E-state index is -4.95. The molecule has 1 heterocycles. The van der Waals surface area contributed by atoms with Gasteiger partial charge in [-0.2, -0.15) is 26.3 Å². The van der Waals surface area contributed by atoms with Crippen LogP contribution in [0.3, 0.4) is 0 Å². The highest BCUT2D eigenvalue weighted by Gasteiger charge is 2.47. The molecule has 2 unspecified atom stereocenters. The minimum Gasteiger partial charge on any atom is -0.374 e. The molecule has 10 heteroatoms. The Balaban J connectivity index is 1.46. The Kier molecular flexibility index (Phi) is 7.52. The molecule has 2 aromatic rings. The Morgan fingerprint density at radius 3 is 2.08 bits per heavy atom. The van der Waals surface area contributed by atoms with Crippen LogP contribution in [-0.2, 0) is 21.9 Å². The normalized spacial score (nSPS) is 26.4. The van der Waals surface area contributed by atoms with E-state index in [-0.39, 0.29) is 35.2 Å². The van der Waals surface area contributed by atoms with Crippen molar-refractivity contribution in [2.45, 2.75) is 70.0 Å². The summed E-state index contributed by atoms with van der Waals surface area (Å²) in [4.78, 5) is 14.4. The summed E-state index contributed by atoms with van der Waals surface area (Å²) in [5.41, 5.74) is -0.362. The summed E-state index contributed by atoms with van der Waals surface area (Å²) in [6.45, 7) is 4.69. The quantitative estimate of drug-likeness (QED) is 0.341. The summed E-state index contributed by atoms with van der Waals surface area (Å²) in [5.74, 6) is -0.220. The minimum absolute atomic E-state index is 0.0552. The molecule has 1 saturated carbocycles. The fourth-order valence-electron chi connectivity index (χ4n) is 6.68. The van der Waals surface area contributed by atoms with Crippen LogP contribution in [0.15, 0.2) is 53.7 Å². The van der Waals surface area contributed by atoms with Gasteiger partial charge in [0.2, 0.25) is 0 Å². The van der Waals surface area contributed by atoms with Gasteiger partial charge in [0, 0.05) is 36.7 Å². The molecular weight excluding hydrogens is 539 g/mol. The lowest BCUT2D eigenvalue weighted by molar-refractivity contribution is -0.143. The number of rotatable bonds is 5. The molecule has 0 spiro atoms. The number of ketones is 1. The number of carbonyl (C=O) groups excluding carboxylic acids is 1. The van der Waals surface area contributed by atoms with Gasteiger partial charge in [-0.3, -0.25) is 4.79 Å². The Labute approximate surface area is 228 Å². The molecule has 0 aromatic heterocycles. The summed E-state index contributed by atoms with van der Waals surface area (Å²) < 4.78 is 101. The third-order valence-electron chi connectivity index (χ3n) is 8.71. The zero-order valence-corrected chi connectivity index (χ0v) is 22.1. The van der Waals surface area contributed by atoms with Crippen molar-refractivity contribution in [2.75, 3.05) is 13.1 Å². The summed E-state index contributed by atoms with van der Waals surface area (Å²) in [5, 5.41) is 0. The molecule has 216 valence electrons. The topological polar surface area (TPSA) is 29.5 Å². The maximum atomic E-state index is 13.8. The van der Waals surface area contributed by atoms with Crippen molar-refractivity contribution in [3.8, 4) is 0 Å². The molecule has 5 rings (SSSR count). The fraction of sp³-hybridized carbons (Fsp3) is 0.500. The number of benzene rings is 2. The average molecular weight is 570 g/mol. The van der Waals surface area contributed by atoms with Crippen molar-refractivity contribution in [3.05, 3.63) is 81.8 Å². The maximum Gasteiger partial charge on any atom is 0.416 e. The average Bonchev–Trinajstić information content (AvgIpc) is 3.46. The predicted octanol–water partition coefficient (Wildman–Crippen LogP) is 8.07. The largest absolute Gasteiger partial charge is 0.416 e. The van der Waals surface area contributed by atoms with Crippen molar-refractivity contribution in [1.29, 1.82) is 0 Å². The van der Waals surface area contributed by atoms with E-state index >= 15 is 0 Å². The van der Waals surface area contributed by atoms with E-state index in [1.165, 1.54) is 19.1 Å². The van der Waals surface area contributed by atoms with E-state index in [2.05, 4.69) is 4.90 Å². The molecule has 1 saturated heterocycles. The van der Waals surface area contributed by atoms with Gasteiger partial charge in [-0.1, -0.05) is 12.1 Å². The smallest absolute Gasteiger partial charge is 0.374 e. The highest BCUT2D eigenvalue weighted by Crippen LogP contribution is 2.49. The molecule has 2 aromatic carbocycles. The van der Waals surface area contributed by atoms with E-state index in [4.69, 9.17) is 4.74 Å². The molecular formula is C30H30F7NO2. The standard InChI is InChI=1S/C30H30F7NO2/c1-16-25(8-9-26(16)39)38-14-19-5-10-27(28(24(19)15-38)18-3-6-23(31)7-4-18)40-17(2)20-11-21(29(32,33)34)13-22(12-20)30(35,36)37/h3-4,6-7,11-13,17,19,24,27-28H,5,8-10,14-15H2,1-2H3/t17-,19?,24?,27+,28+/m1/s1. The molecule has 2 aliphatic carbocycles. The van der Waals surface area contributed by atoms with Gasteiger partial charge in [0.15, 0.2) is 5.78 Å². The monoisotopic (exact) mass is 569 g/mol. The van der Waals surface area contributed by atoms with Crippen LogP contribution < -0.4 is 0 Å². The number of nitrogens with zero attached hydrogens (tertiary/aromatic N) is 1. The number of alkyl halides is 6. The fourth-order valence-corrected chi connectivity index (χ4v) is 6.68. The van der Waals surface area contributed by atoms with Gasteiger partial charge in [-0.25, -0.2) is 4.39 Å². The van der Waals surface area contributed by atoms with Crippen LogP contribution in [0.2, 0.25) is 0 Å². The lowest BCUT2D eigenvalue weighted by atomic mass is 9.69. The number of carbonyl (C=O) groups is 1. The number of hydrogen-bond donors (Lipinski definition) is 0. The zero-order chi connectivity index (χ0) is 29.0. The first-order valence-corrected chi connectivity index (χ1v) is 13.4. The molecule has 40 heavy (non-hydrogen) atoms. The summed E-state index contributed by atoms with van der Waals surface area (Å²) in [6, 6.07) is 7.56. The first-order chi connectivity index (χ1) is 18.7. The molecule has 0 bridgehead atoms. The maximum absolute atomic E-state index is 13.8. The Morgan fingerprint density at radius 1 is 0.900 bits per heavy atom. The second-order valence-electron chi connectivity index (χ2n) is 11.1. The van der Waals surface area contributed by atoms with Crippen LogP contribution in [0.5, 0.6) is 0 Å². The number of likely N-dealkylation sites (tertiary alicyclic amines) is 1. The van der Waals surface area contributed by atoms with E-state index in [0.717, 1.165) is 29.8 Å². The van der Waals surface area contributed by atoms with Crippen molar-refractivity contribution in [2.24, 2.45) is 11.8 Å². The number of hydrogen-bond acceptors (Lipinski definition) is 3. The second kappa shape index (κ2) is 10.5.